The second-order valence-corrected chi connectivity index (χ2v) is 1.33. The fourth-order valence-corrected chi connectivity index (χ4v) is 0.175. The van der Waals surface area contributed by atoms with Crippen LogP contribution < -0.4 is 5.73 Å². The van der Waals surface area contributed by atoms with Crippen LogP contribution in [-0.4, -0.2) is 12.1 Å². The van der Waals surface area contributed by atoms with Crippen LogP contribution in [0, 0.1) is 0 Å². The Labute approximate surface area is 47.2 Å². The zero-order valence-electron chi connectivity index (χ0n) is 4.55. The highest BCUT2D eigenvalue weighted by molar-refractivity contribution is 6.32. The topological polar surface area (TPSA) is 60.2 Å². The van der Waals surface area contributed by atoms with Gasteiger partial charge < -0.3 is 5.73 Å². The van der Waals surface area contributed by atoms with Gasteiger partial charge in [0.15, 0.2) is 6.29 Å². The molecule has 0 rings (SSSR count). The van der Waals surface area contributed by atoms with Gasteiger partial charge in [0.1, 0.15) is 0 Å². The molecule has 0 aliphatic heterocycles. The maximum Gasteiger partial charge on any atom is 0.222 e. The summed E-state index contributed by atoms with van der Waals surface area (Å²) in [5.74, 6) is -0.562. The van der Waals surface area contributed by atoms with Crippen molar-refractivity contribution >= 4 is 12.1 Å². The molecule has 0 bridgehead atoms. The highest BCUT2D eigenvalue weighted by Gasteiger charge is 1.97. The molecule has 44 valence electrons. The third-order valence-corrected chi connectivity index (χ3v) is 0.746. The standard InChI is InChI=1S/C5H7NO2/c1-4(2-6)5(8)3-7/h2-3H,6H2,1H3/b4-2+. The van der Waals surface area contributed by atoms with Gasteiger partial charge in [-0.2, -0.15) is 0 Å². The van der Waals surface area contributed by atoms with E-state index in [-0.39, 0.29) is 11.9 Å². The summed E-state index contributed by atoms with van der Waals surface area (Å²) in [5.41, 5.74) is 5.18. The summed E-state index contributed by atoms with van der Waals surface area (Å²) in [5, 5.41) is 0. The summed E-state index contributed by atoms with van der Waals surface area (Å²) in [6.45, 7) is 1.48. The lowest BCUT2D eigenvalue weighted by Crippen LogP contribution is -2.01. The molecule has 0 aromatic carbocycles. The van der Waals surface area contributed by atoms with Crippen LogP contribution >= 0.6 is 0 Å². The van der Waals surface area contributed by atoms with Crippen LogP contribution in [0.3, 0.4) is 0 Å². The van der Waals surface area contributed by atoms with Gasteiger partial charge in [0.25, 0.3) is 0 Å². The van der Waals surface area contributed by atoms with Crippen molar-refractivity contribution in [1.82, 2.24) is 0 Å². The summed E-state index contributed by atoms with van der Waals surface area (Å²) in [6.07, 6.45) is 1.34. The monoisotopic (exact) mass is 113 g/mol. The largest absolute Gasteiger partial charge is 0.404 e. The smallest absolute Gasteiger partial charge is 0.222 e. The summed E-state index contributed by atoms with van der Waals surface area (Å²) in [6, 6.07) is 0. The number of ketones is 1. The third-order valence-electron chi connectivity index (χ3n) is 0.746. The minimum Gasteiger partial charge on any atom is -0.404 e. The van der Waals surface area contributed by atoms with Crippen molar-refractivity contribution in [3.63, 3.8) is 0 Å². The molecule has 0 aromatic heterocycles. The Hall–Kier alpha value is -1.12. The molecule has 3 nitrogen and oxygen atoms in total. The number of rotatable bonds is 2. The van der Waals surface area contributed by atoms with E-state index in [0.717, 1.165) is 6.20 Å². The lowest BCUT2D eigenvalue weighted by atomic mass is 10.2. The molecule has 0 aliphatic rings. The maximum absolute atomic E-state index is 10.2. The van der Waals surface area contributed by atoms with Gasteiger partial charge in [-0.15, -0.1) is 0 Å². The van der Waals surface area contributed by atoms with Crippen molar-refractivity contribution in [3.05, 3.63) is 11.8 Å². The molecule has 8 heavy (non-hydrogen) atoms. The zero-order valence-corrected chi connectivity index (χ0v) is 4.55. The normalized spacial score (nSPS) is 10.9. The molecule has 0 fully saturated rings. The molecule has 0 saturated carbocycles. The van der Waals surface area contributed by atoms with Crippen molar-refractivity contribution < 1.29 is 9.59 Å². The van der Waals surface area contributed by atoms with Crippen molar-refractivity contribution in [1.29, 1.82) is 0 Å². The quantitative estimate of drug-likeness (QED) is 0.301. The Bertz CT molecular complexity index is 137. The van der Waals surface area contributed by atoms with Gasteiger partial charge in [0, 0.05) is 11.8 Å². The van der Waals surface area contributed by atoms with Crippen LogP contribution in [0.2, 0.25) is 0 Å². The van der Waals surface area contributed by atoms with E-state index in [0.29, 0.717) is 0 Å². The van der Waals surface area contributed by atoms with Crippen LogP contribution in [-0.2, 0) is 9.59 Å². The molecule has 0 amide bonds. The number of nitrogens with two attached hydrogens (primary N) is 1. The van der Waals surface area contributed by atoms with Crippen molar-refractivity contribution in [2.45, 2.75) is 6.92 Å². The number of carbonyl (C=O) groups is 2. The second-order valence-electron chi connectivity index (χ2n) is 1.33. The van der Waals surface area contributed by atoms with Crippen LogP contribution in [0.25, 0.3) is 0 Å². The van der Waals surface area contributed by atoms with E-state index >= 15 is 0 Å². The van der Waals surface area contributed by atoms with Gasteiger partial charge in [-0.05, 0) is 6.92 Å². The fraction of sp³-hybridized carbons (Fsp3) is 0.200. The lowest BCUT2D eigenvalue weighted by Gasteiger charge is -1.84. The van der Waals surface area contributed by atoms with Crippen LogP contribution in [0.5, 0.6) is 0 Å². The van der Waals surface area contributed by atoms with Crippen molar-refractivity contribution in [3.8, 4) is 0 Å². The van der Waals surface area contributed by atoms with Crippen molar-refractivity contribution in [2.24, 2.45) is 5.73 Å². The minimum absolute atomic E-state index is 0.235. The molecule has 3 heteroatoms. The molecule has 0 aliphatic carbocycles. The molecule has 0 unspecified atom stereocenters. The van der Waals surface area contributed by atoms with Crippen LogP contribution in [0.4, 0.5) is 0 Å². The molecule has 0 aromatic rings. The lowest BCUT2D eigenvalue weighted by molar-refractivity contribution is -0.127. The van der Waals surface area contributed by atoms with E-state index in [1.165, 1.54) is 6.92 Å². The van der Waals surface area contributed by atoms with Gasteiger partial charge in [0.05, 0.1) is 0 Å². The first-order valence-corrected chi connectivity index (χ1v) is 2.10. The van der Waals surface area contributed by atoms with E-state index in [4.69, 9.17) is 5.73 Å². The van der Waals surface area contributed by atoms with E-state index < -0.39 is 5.78 Å². The Balaban J connectivity index is 4.03. The van der Waals surface area contributed by atoms with Crippen molar-refractivity contribution in [2.75, 3.05) is 0 Å². The summed E-state index contributed by atoms with van der Waals surface area (Å²) in [7, 11) is 0. The molecular weight excluding hydrogens is 106 g/mol. The van der Waals surface area contributed by atoms with Crippen LogP contribution in [0.1, 0.15) is 6.92 Å². The zero-order chi connectivity index (χ0) is 6.57. The first-order valence-electron chi connectivity index (χ1n) is 2.10. The number of hydrogen-bond acceptors (Lipinski definition) is 3. The third kappa shape index (κ3) is 1.55. The molecule has 0 spiro atoms. The minimum atomic E-state index is -0.562. The van der Waals surface area contributed by atoms with Gasteiger partial charge in [-0.3, -0.25) is 9.59 Å². The summed E-state index contributed by atoms with van der Waals surface area (Å²) >= 11 is 0. The Morgan fingerprint density at radius 2 is 2.12 bits per heavy atom. The van der Waals surface area contributed by atoms with E-state index in [1.807, 2.05) is 0 Å². The number of carbonyl (C=O) groups excluding carboxylic acids is 2. The highest BCUT2D eigenvalue weighted by atomic mass is 16.2. The SMILES string of the molecule is C/C(=C\N)C(=O)C=O. The molecule has 2 N–H and O–H groups in total. The average Bonchev–Trinajstić information content (AvgIpc) is 1.84. The van der Waals surface area contributed by atoms with Gasteiger partial charge >= 0.3 is 0 Å². The highest BCUT2D eigenvalue weighted by Crippen LogP contribution is 1.86. The number of aldehydes is 1. The predicted molar refractivity (Wildman–Crippen MR) is 29.0 cm³/mol. The Kier molecular flexibility index (Phi) is 2.54. The average molecular weight is 113 g/mol. The summed E-state index contributed by atoms with van der Waals surface area (Å²) in [4.78, 5) is 19.9. The molecule has 0 atom stereocenters. The Morgan fingerprint density at radius 3 is 2.25 bits per heavy atom. The maximum atomic E-state index is 10.2. The second kappa shape index (κ2) is 2.96. The van der Waals surface area contributed by atoms with E-state index in [1.54, 1.807) is 0 Å². The number of Topliss-reactive ketones (excluding diaryl/α,β-unsaturated/α-hetero) is 1. The van der Waals surface area contributed by atoms with Crippen LogP contribution in [0.15, 0.2) is 11.8 Å². The first-order chi connectivity index (χ1) is 3.72. The summed E-state index contributed by atoms with van der Waals surface area (Å²) < 4.78 is 0. The Morgan fingerprint density at radius 1 is 1.62 bits per heavy atom. The molecule has 0 heterocycles. The van der Waals surface area contributed by atoms with Gasteiger partial charge in [-0.1, -0.05) is 0 Å². The van der Waals surface area contributed by atoms with E-state index in [9.17, 15) is 9.59 Å². The predicted octanol–water partition coefficient (Wildman–Crippen LogP) is -0.383. The number of allylic oxidation sites excluding steroid dienone is 1. The number of hydrogen-bond donors (Lipinski definition) is 1. The van der Waals surface area contributed by atoms with Gasteiger partial charge in [-0.25, -0.2) is 0 Å². The first kappa shape index (κ1) is 6.88. The molecule has 0 saturated heterocycles. The molecular formula is C5H7NO2. The molecule has 0 radical (unpaired) electrons. The fourth-order valence-electron chi connectivity index (χ4n) is 0.175. The van der Waals surface area contributed by atoms with Gasteiger partial charge in [0.2, 0.25) is 5.78 Å². The van der Waals surface area contributed by atoms with E-state index in [2.05, 4.69) is 0 Å².